The Morgan fingerprint density at radius 3 is 2.65 bits per heavy atom. The third kappa shape index (κ3) is 3.27. The zero-order valence-corrected chi connectivity index (χ0v) is 12.5. The number of benzene rings is 1. The minimum absolute atomic E-state index is 0.00182. The zero-order chi connectivity index (χ0) is 14.8. The lowest BCUT2D eigenvalue weighted by molar-refractivity contribution is 0.0696. The van der Waals surface area contributed by atoms with Gasteiger partial charge in [-0.05, 0) is 45.8 Å². The number of carboxylic acids is 1. The predicted molar refractivity (Wildman–Crippen MR) is 75.9 cm³/mol. The second-order valence-corrected chi connectivity index (χ2v) is 6.58. The van der Waals surface area contributed by atoms with Crippen molar-refractivity contribution >= 4 is 31.9 Å². The van der Waals surface area contributed by atoms with Crippen LogP contribution in [0.1, 0.15) is 15.9 Å². The van der Waals surface area contributed by atoms with Gasteiger partial charge in [-0.3, -0.25) is 0 Å². The van der Waals surface area contributed by atoms with E-state index in [4.69, 9.17) is 5.11 Å². The maximum absolute atomic E-state index is 12.1. The fourth-order valence-electron chi connectivity index (χ4n) is 1.58. The molecule has 0 amide bonds. The monoisotopic (exact) mass is 358 g/mol. The molecule has 0 spiro atoms. The quantitative estimate of drug-likeness (QED) is 0.760. The van der Waals surface area contributed by atoms with E-state index in [1.54, 1.807) is 18.5 Å². The average molecular weight is 359 g/mol. The van der Waals surface area contributed by atoms with E-state index in [0.717, 1.165) is 5.56 Å². The Labute approximate surface area is 124 Å². The molecule has 2 rings (SSSR count). The zero-order valence-electron chi connectivity index (χ0n) is 10.1. The summed E-state index contributed by atoms with van der Waals surface area (Å²) in [7, 11) is -3.71. The van der Waals surface area contributed by atoms with Gasteiger partial charge in [0.15, 0.2) is 0 Å². The molecule has 6 nitrogen and oxygen atoms in total. The Morgan fingerprint density at radius 1 is 1.35 bits per heavy atom. The second-order valence-electron chi connectivity index (χ2n) is 3.99. The number of H-pyrrole nitrogens is 1. The van der Waals surface area contributed by atoms with Crippen LogP contribution >= 0.6 is 15.9 Å². The maximum Gasteiger partial charge on any atom is 0.335 e. The highest BCUT2D eigenvalue weighted by Gasteiger charge is 2.18. The van der Waals surface area contributed by atoms with Gasteiger partial charge in [-0.2, -0.15) is 0 Å². The lowest BCUT2D eigenvalue weighted by Crippen LogP contribution is -2.23. The lowest BCUT2D eigenvalue weighted by atomic mass is 10.2. The summed E-state index contributed by atoms with van der Waals surface area (Å²) in [6.45, 7) is 0.152. The van der Waals surface area contributed by atoms with E-state index in [9.17, 15) is 13.2 Å². The molecule has 0 aliphatic rings. The summed E-state index contributed by atoms with van der Waals surface area (Å²) < 4.78 is 26.9. The lowest BCUT2D eigenvalue weighted by Gasteiger charge is -2.08. The van der Waals surface area contributed by atoms with Crippen molar-refractivity contribution in [1.29, 1.82) is 0 Å². The molecule has 0 unspecified atom stereocenters. The first-order valence-electron chi connectivity index (χ1n) is 5.54. The van der Waals surface area contributed by atoms with Crippen molar-refractivity contribution in [3.05, 3.63) is 52.3 Å². The number of carboxylic acid groups (broad SMARTS) is 1. The molecule has 0 radical (unpaired) electrons. The highest BCUT2D eigenvalue weighted by Crippen LogP contribution is 2.23. The maximum atomic E-state index is 12.1. The fraction of sp³-hybridized carbons (Fsp3) is 0.0833. The number of halogens is 1. The van der Waals surface area contributed by atoms with Crippen molar-refractivity contribution in [2.75, 3.05) is 0 Å². The Balaban J connectivity index is 2.23. The number of carbonyl (C=O) groups is 1. The number of hydrogen-bond donors (Lipinski definition) is 3. The van der Waals surface area contributed by atoms with Gasteiger partial charge in [-0.25, -0.2) is 17.9 Å². The molecule has 1 aromatic heterocycles. The summed E-state index contributed by atoms with van der Waals surface area (Å²) in [6, 6.07) is 5.52. The van der Waals surface area contributed by atoms with Crippen LogP contribution in [0, 0.1) is 0 Å². The van der Waals surface area contributed by atoms with Crippen LogP contribution in [-0.4, -0.2) is 24.5 Å². The van der Waals surface area contributed by atoms with Crippen LogP contribution in [0.4, 0.5) is 0 Å². The summed E-state index contributed by atoms with van der Waals surface area (Å²) in [5.41, 5.74) is 0.813. The van der Waals surface area contributed by atoms with Gasteiger partial charge in [0.25, 0.3) is 0 Å². The Bertz CT molecular complexity index is 726. The van der Waals surface area contributed by atoms with E-state index in [-0.39, 0.29) is 21.5 Å². The summed E-state index contributed by atoms with van der Waals surface area (Å²) in [4.78, 5) is 13.6. The molecule has 0 aliphatic carbocycles. The van der Waals surface area contributed by atoms with Gasteiger partial charge in [0.1, 0.15) is 0 Å². The first-order valence-corrected chi connectivity index (χ1v) is 7.82. The van der Waals surface area contributed by atoms with Crippen molar-refractivity contribution in [3.63, 3.8) is 0 Å². The molecule has 0 saturated carbocycles. The van der Waals surface area contributed by atoms with E-state index in [0.29, 0.717) is 0 Å². The Hall–Kier alpha value is -1.64. The molecule has 0 saturated heterocycles. The normalized spacial score (nSPS) is 11.4. The molecule has 0 aliphatic heterocycles. The van der Waals surface area contributed by atoms with Gasteiger partial charge < -0.3 is 10.1 Å². The third-order valence-corrected chi connectivity index (χ3v) is 4.97. The first-order chi connectivity index (χ1) is 9.40. The fourth-order valence-corrected chi connectivity index (χ4v) is 3.67. The summed E-state index contributed by atoms with van der Waals surface area (Å²) >= 11 is 3.08. The molecule has 0 atom stereocenters. The number of aromatic amines is 1. The Kier molecular flexibility index (Phi) is 4.26. The highest BCUT2D eigenvalue weighted by molar-refractivity contribution is 9.10. The third-order valence-electron chi connectivity index (χ3n) is 2.60. The number of sulfonamides is 1. The molecular weight excluding hydrogens is 348 g/mol. The predicted octanol–water partition coefficient (Wildman–Crippen LogP) is 1.95. The molecule has 20 heavy (non-hydrogen) atoms. The van der Waals surface area contributed by atoms with Crippen molar-refractivity contribution in [2.45, 2.75) is 11.4 Å². The molecule has 1 heterocycles. The van der Waals surface area contributed by atoms with Crippen LogP contribution in [0.25, 0.3) is 0 Å². The van der Waals surface area contributed by atoms with Gasteiger partial charge in [-0.1, -0.05) is 0 Å². The van der Waals surface area contributed by atoms with Gasteiger partial charge in [0, 0.05) is 23.4 Å². The van der Waals surface area contributed by atoms with Gasteiger partial charge in [0.05, 0.1) is 10.5 Å². The van der Waals surface area contributed by atoms with Crippen LogP contribution in [0.5, 0.6) is 0 Å². The highest BCUT2D eigenvalue weighted by atomic mass is 79.9. The number of aromatic carboxylic acids is 1. The number of nitrogens with one attached hydrogen (secondary N) is 2. The molecule has 8 heteroatoms. The number of hydrogen-bond acceptors (Lipinski definition) is 3. The van der Waals surface area contributed by atoms with E-state index in [1.807, 2.05) is 0 Å². The SMILES string of the molecule is O=C(O)c1ccc(S(=O)(=O)NCc2cc[nH]c2)c(Br)c1. The van der Waals surface area contributed by atoms with Crippen molar-refractivity contribution < 1.29 is 18.3 Å². The van der Waals surface area contributed by atoms with Crippen molar-refractivity contribution in [2.24, 2.45) is 0 Å². The number of rotatable bonds is 5. The van der Waals surface area contributed by atoms with E-state index in [1.165, 1.54) is 18.2 Å². The van der Waals surface area contributed by atoms with Gasteiger partial charge in [-0.15, -0.1) is 0 Å². The van der Waals surface area contributed by atoms with Crippen LogP contribution in [-0.2, 0) is 16.6 Å². The molecule has 3 N–H and O–H groups in total. The van der Waals surface area contributed by atoms with Gasteiger partial charge in [0.2, 0.25) is 10.0 Å². The largest absolute Gasteiger partial charge is 0.478 e. The molecule has 1 aromatic carbocycles. The molecule has 0 bridgehead atoms. The Morgan fingerprint density at radius 2 is 2.10 bits per heavy atom. The van der Waals surface area contributed by atoms with Crippen molar-refractivity contribution in [3.8, 4) is 0 Å². The average Bonchev–Trinajstić information content (AvgIpc) is 2.89. The minimum atomic E-state index is -3.71. The van der Waals surface area contributed by atoms with Crippen molar-refractivity contribution in [1.82, 2.24) is 9.71 Å². The summed E-state index contributed by atoms with van der Waals surface area (Å²) in [5.74, 6) is -1.12. The molecule has 0 fully saturated rings. The van der Waals surface area contributed by atoms with Crippen LogP contribution in [0.3, 0.4) is 0 Å². The molecule has 106 valence electrons. The van der Waals surface area contributed by atoms with Crippen LogP contribution in [0.15, 0.2) is 46.0 Å². The van der Waals surface area contributed by atoms with E-state index < -0.39 is 16.0 Å². The minimum Gasteiger partial charge on any atom is -0.478 e. The van der Waals surface area contributed by atoms with Crippen LogP contribution in [0.2, 0.25) is 0 Å². The summed E-state index contributed by atoms with van der Waals surface area (Å²) in [5, 5.41) is 8.84. The van der Waals surface area contributed by atoms with E-state index >= 15 is 0 Å². The van der Waals surface area contributed by atoms with Gasteiger partial charge >= 0.3 is 5.97 Å². The van der Waals surface area contributed by atoms with Crippen LogP contribution < -0.4 is 4.72 Å². The van der Waals surface area contributed by atoms with E-state index in [2.05, 4.69) is 25.6 Å². The topological polar surface area (TPSA) is 99.3 Å². The molecule has 2 aromatic rings. The first kappa shape index (κ1) is 14.8. The standard InChI is InChI=1S/C12H11BrN2O4S/c13-10-5-9(12(16)17)1-2-11(10)20(18,19)15-7-8-3-4-14-6-8/h1-6,14-15H,7H2,(H,16,17). The summed E-state index contributed by atoms with van der Waals surface area (Å²) in [6.07, 6.45) is 3.38. The number of aromatic nitrogens is 1. The smallest absolute Gasteiger partial charge is 0.335 e. The molecular formula is C12H11BrN2O4S. The second kappa shape index (κ2) is 5.78.